The van der Waals surface area contributed by atoms with Crippen LogP contribution in [0.2, 0.25) is 0 Å². The highest BCUT2D eigenvalue weighted by molar-refractivity contribution is 7.88. The van der Waals surface area contributed by atoms with E-state index in [1.54, 1.807) is 0 Å². The molecule has 0 saturated heterocycles. The van der Waals surface area contributed by atoms with Crippen LogP contribution in [-0.2, 0) is 25.9 Å². The highest BCUT2D eigenvalue weighted by Crippen LogP contribution is 2.28. The second-order valence-corrected chi connectivity index (χ2v) is 9.89. The smallest absolute Gasteiger partial charge is 0.242 e. The molecule has 1 aliphatic carbocycles. The van der Waals surface area contributed by atoms with Crippen LogP contribution in [0.4, 0.5) is 0 Å². The number of hydrogen-bond acceptors (Lipinski definition) is 5. The largest absolute Gasteiger partial charge is 0.463 e. The molecule has 2 aromatic rings. The second-order valence-electron chi connectivity index (χ2n) is 8.14. The van der Waals surface area contributed by atoms with Gasteiger partial charge in [-0.05, 0) is 55.3 Å². The monoisotopic (exact) mass is 455 g/mol. The summed E-state index contributed by atoms with van der Waals surface area (Å²) < 4.78 is 36.0. The molecule has 8 heteroatoms. The number of H-pyrrole nitrogens is 1. The Balaban J connectivity index is 1.17. The lowest BCUT2D eigenvalue weighted by Crippen LogP contribution is -2.26. The van der Waals surface area contributed by atoms with Crippen molar-refractivity contribution in [2.45, 2.75) is 25.7 Å². The fourth-order valence-electron chi connectivity index (χ4n) is 3.95. The molecule has 2 aliphatic rings. The number of hydrogen-bond donors (Lipinski definition) is 3. The Morgan fingerprint density at radius 2 is 2.06 bits per heavy atom. The predicted octanol–water partition coefficient (Wildman–Crippen LogP) is 3.82. The van der Waals surface area contributed by atoms with Crippen molar-refractivity contribution in [3.8, 4) is 0 Å². The Morgan fingerprint density at radius 3 is 2.94 bits per heavy atom. The van der Waals surface area contributed by atoms with E-state index in [0.29, 0.717) is 11.7 Å². The average Bonchev–Trinajstić information content (AvgIpc) is 3.18. The first-order valence-corrected chi connectivity index (χ1v) is 12.7. The lowest BCUT2D eigenvalue weighted by molar-refractivity contribution is 0.217. The number of aromatic nitrogens is 1. The van der Waals surface area contributed by atoms with Crippen molar-refractivity contribution >= 4 is 20.9 Å². The average molecular weight is 456 g/mol. The maximum absolute atomic E-state index is 11.4. The fourth-order valence-corrected chi connectivity index (χ4v) is 4.41. The summed E-state index contributed by atoms with van der Waals surface area (Å²) in [7, 11) is -3.43. The zero-order valence-corrected chi connectivity index (χ0v) is 19.0. The third kappa shape index (κ3) is 6.05. The van der Waals surface area contributed by atoms with Gasteiger partial charge in [0, 0.05) is 23.6 Å². The molecule has 1 aromatic heterocycles. The number of rotatable bonds is 10. The predicted molar refractivity (Wildman–Crippen MR) is 126 cm³/mol. The van der Waals surface area contributed by atoms with Gasteiger partial charge in [-0.1, -0.05) is 36.4 Å². The molecule has 3 N–H and O–H groups in total. The molecule has 0 bridgehead atoms. The van der Waals surface area contributed by atoms with Gasteiger partial charge in [0.25, 0.3) is 0 Å². The minimum atomic E-state index is -3.43. The van der Waals surface area contributed by atoms with E-state index in [0.717, 1.165) is 50.6 Å². The van der Waals surface area contributed by atoms with Crippen LogP contribution in [0.25, 0.3) is 10.9 Å². The minimum Gasteiger partial charge on any atom is -0.463 e. The molecule has 0 amide bonds. The summed E-state index contributed by atoms with van der Waals surface area (Å²) in [6.45, 7) is 1.85. The van der Waals surface area contributed by atoms with Crippen LogP contribution in [0.5, 0.6) is 0 Å². The summed E-state index contributed by atoms with van der Waals surface area (Å²) in [4.78, 5) is 3.34. The Bertz CT molecular complexity index is 1170. The van der Waals surface area contributed by atoms with Gasteiger partial charge in [-0.25, -0.2) is 8.42 Å². The van der Waals surface area contributed by atoms with Crippen LogP contribution < -0.4 is 10.0 Å². The van der Waals surface area contributed by atoms with Gasteiger partial charge >= 0.3 is 0 Å². The van der Waals surface area contributed by atoms with Gasteiger partial charge in [-0.2, -0.15) is 0 Å². The molecular weight excluding hydrogens is 426 g/mol. The molecule has 1 unspecified atom stereocenters. The van der Waals surface area contributed by atoms with Crippen molar-refractivity contribution in [1.82, 2.24) is 15.0 Å². The molecule has 7 nitrogen and oxygen atoms in total. The van der Waals surface area contributed by atoms with Gasteiger partial charge in [-0.15, -0.1) is 0 Å². The third-order valence-electron chi connectivity index (χ3n) is 5.47. The standard InChI is InChI=1S/C24H29N3O4S/c1-32(28,29)27-24-17-30-16-23(31-24)19-9-6-7-18(13-19)14-25-12-5-4-8-20-15-26-22-11-3-2-10-21(20)22/h2-3,6-7,9-11,15-18,25-27H,4-5,8,12-14H2,1H3. The first-order chi connectivity index (χ1) is 15.5. The van der Waals surface area contributed by atoms with E-state index in [1.165, 1.54) is 29.0 Å². The summed E-state index contributed by atoms with van der Waals surface area (Å²) in [5, 5.41) is 4.87. The normalized spacial score (nSPS) is 18.4. The van der Waals surface area contributed by atoms with Crippen LogP contribution in [0.15, 0.2) is 78.4 Å². The van der Waals surface area contributed by atoms with Gasteiger partial charge in [0.1, 0.15) is 6.26 Å². The maximum atomic E-state index is 11.4. The molecule has 32 heavy (non-hydrogen) atoms. The number of sulfonamides is 1. The molecule has 4 rings (SSSR count). The van der Waals surface area contributed by atoms with Gasteiger partial charge in [0.15, 0.2) is 12.0 Å². The zero-order valence-electron chi connectivity index (χ0n) is 18.1. The van der Waals surface area contributed by atoms with Gasteiger partial charge in [0.2, 0.25) is 15.9 Å². The summed E-state index contributed by atoms with van der Waals surface area (Å²) in [6.07, 6.45) is 16.2. The molecule has 2 heterocycles. The molecule has 0 saturated carbocycles. The maximum Gasteiger partial charge on any atom is 0.242 e. The Labute approximate surface area is 188 Å². The number of allylic oxidation sites excluding steroid dienone is 3. The van der Waals surface area contributed by atoms with Gasteiger partial charge in [0.05, 0.1) is 6.26 Å². The molecule has 1 aliphatic heterocycles. The molecule has 0 spiro atoms. The van der Waals surface area contributed by atoms with E-state index >= 15 is 0 Å². The number of aryl methyl sites for hydroxylation is 1. The van der Waals surface area contributed by atoms with Crippen molar-refractivity contribution in [1.29, 1.82) is 0 Å². The molecule has 170 valence electrons. The van der Waals surface area contributed by atoms with E-state index in [-0.39, 0.29) is 5.88 Å². The van der Waals surface area contributed by atoms with Crippen LogP contribution in [-0.4, -0.2) is 32.7 Å². The molecular formula is C24H29N3O4S. The van der Waals surface area contributed by atoms with Crippen LogP contribution in [0.1, 0.15) is 24.8 Å². The molecule has 0 radical (unpaired) electrons. The van der Waals surface area contributed by atoms with Crippen molar-refractivity contribution in [2.24, 2.45) is 5.92 Å². The van der Waals surface area contributed by atoms with E-state index in [9.17, 15) is 8.42 Å². The van der Waals surface area contributed by atoms with E-state index < -0.39 is 10.0 Å². The third-order valence-corrected chi connectivity index (χ3v) is 6.04. The topological polar surface area (TPSA) is 92.5 Å². The lowest BCUT2D eigenvalue weighted by Gasteiger charge is -2.23. The van der Waals surface area contributed by atoms with E-state index in [1.807, 2.05) is 12.2 Å². The number of benzene rings is 1. The molecule has 0 fully saturated rings. The van der Waals surface area contributed by atoms with E-state index in [2.05, 4.69) is 51.6 Å². The van der Waals surface area contributed by atoms with Crippen molar-refractivity contribution in [2.75, 3.05) is 19.3 Å². The first-order valence-electron chi connectivity index (χ1n) is 10.8. The lowest BCUT2D eigenvalue weighted by atomic mass is 9.93. The summed E-state index contributed by atoms with van der Waals surface area (Å²) in [5.74, 6) is 0.919. The van der Waals surface area contributed by atoms with Crippen LogP contribution >= 0.6 is 0 Å². The highest BCUT2D eigenvalue weighted by atomic mass is 32.2. The van der Waals surface area contributed by atoms with Crippen LogP contribution in [0.3, 0.4) is 0 Å². The highest BCUT2D eigenvalue weighted by Gasteiger charge is 2.20. The first kappa shape index (κ1) is 22.2. The number of fused-ring (bicyclic) bond motifs is 1. The summed E-state index contributed by atoms with van der Waals surface area (Å²) >= 11 is 0. The Morgan fingerprint density at radius 1 is 1.19 bits per heavy atom. The van der Waals surface area contributed by atoms with E-state index in [4.69, 9.17) is 9.47 Å². The summed E-state index contributed by atoms with van der Waals surface area (Å²) in [5.41, 5.74) is 3.55. The van der Waals surface area contributed by atoms with Gasteiger partial charge < -0.3 is 19.8 Å². The zero-order chi connectivity index (χ0) is 22.4. The number of unbranched alkanes of at least 4 members (excludes halogenated alkanes) is 1. The minimum absolute atomic E-state index is 0.0605. The molecule has 1 aromatic carbocycles. The molecule has 1 atom stereocenters. The number of ether oxygens (including phenoxy) is 2. The number of aromatic amines is 1. The SMILES string of the molecule is CS(=O)(=O)NC1=COC=C(C2=CC=CC(CNCCCCc3c[nH]c4ccccc34)C2)O1. The van der Waals surface area contributed by atoms with Crippen molar-refractivity contribution in [3.05, 3.63) is 84.0 Å². The quantitative estimate of drug-likeness (QED) is 0.474. The fraction of sp³-hybridized carbons (Fsp3) is 0.333. The second kappa shape index (κ2) is 10.1. The Hall–Kier alpha value is -2.97. The van der Waals surface area contributed by atoms with Crippen molar-refractivity contribution in [3.63, 3.8) is 0 Å². The van der Waals surface area contributed by atoms with Crippen LogP contribution in [0, 0.1) is 5.92 Å². The summed E-state index contributed by atoms with van der Waals surface area (Å²) in [6, 6.07) is 8.42. The number of para-hydroxylation sites is 1. The van der Waals surface area contributed by atoms with Gasteiger partial charge in [-0.3, -0.25) is 4.72 Å². The Kier molecular flexibility index (Phi) is 7.02. The number of nitrogens with one attached hydrogen (secondary N) is 3. The van der Waals surface area contributed by atoms with Crippen molar-refractivity contribution < 1.29 is 17.9 Å².